The van der Waals surface area contributed by atoms with Crippen molar-refractivity contribution >= 4 is 23.2 Å². The van der Waals surface area contributed by atoms with Crippen molar-refractivity contribution in [1.82, 2.24) is 9.78 Å². The second-order valence-corrected chi connectivity index (χ2v) is 5.96. The molecule has 134 valence electrons. The Bertz CT molecular complexity index is 971. The molecule has 0 spiro atoms. The minimum absolute atomic E-state index is 0.142. The summed E-state index contributed by atoms with van der Waals surface area (Å²) >= 11 is 5.85. The van der Waals surface area contributed by atoms with Crippen LogP contribution in [0.5, 0.6) is 11.6 Å². The number of aryl methyl sites for hydroxylation is 2. The Morgan fingerprint density at radius 3 is 2.54 bits per heavy atom. The quantitative estimate of drug-likeness (QED) is 0.716. The van der Waals surface area contributed by atoms with Crippen LogP contribution in [0.3, 0.4) is 0 Å². The minimum Gasteiger partial charge on any atom is -0.438 e. The maximum atomic E-state index is 13.8. The third-order valence-corrected chi connectivity index (χ3v) is 3.86. The van der Waals surface area contributed by atoms with Gasteiger partial charge in [0.25, 0.3) is 5.91 Å². The molecule has 1 heterocycles. The van der Waals surface area contributed by atoms with Crippen molar-refractivity contribution in [2.75, 3.05) is 5.32 Å². The lowest BCUT2D eigenvalue weighted by atomic mass is 10.2. The molecule has 3 aromatic rings. The zero-order valence-electron chi connectivity index (χ0n) is 13.9. The highest BCUT2D eigenvalue weighted by Crippen LogP contribution is 2.29. The summed E-state index contributed by atoms with van der Waals surface area (Å²) in [7, 11) is 1.62. The molecule has 3 rings (SSSR count). The van der Waals surface area contributed by atoms with E-state index in [-0.39, 0.29) is 17.1 Å². The predicted molar refractivity (Wildman–Crippen MR) is 93.8 cm³/mol. The van der Waals surface area contributed by atoms with Crippen LogP contribution in [-0.2, 0) is 7.05 Å². The number of benzene rings is 2. The predicted octanol–water partition coefficient (Wildman–Crippen LogP) is 4.70. The van der Waals surface area contributed by atoms with E-state index < -0.39 is 17.5 Å². The van der Waals surface area contributed by atoms with Crippen molar-refractivity contribution in [3.05, 3.63) is 70.4 Å². The minimum atomic E-state index is -0.875. The second kappa shape index (κ2) is 7.13. The van der Waals surface area contributed by atoms with E-state index >= 15 is 0 Å². The summed E-state index contributed by atoms with van der Waals surface area (Å²) in [5, 5.41) is 7.13. The topological polar surface area (TPSA) is 56.2 Å². The van der Waals surface area contributed by atoms with E-state index in [0.717, 1.165) is 12.1 Å². The number of nitrogens with one attached hydrogen (secondary N) is 1. The fraction of sp³-hybridized carbons (Fsp3) is 0.111. The lowest BCUT2D eigenvalue weighted by molar-refractivity contribution is 0.102. The van der Waals surface area contributed by atoms with E-state index in [1.807, 2.05) is 0 Å². The lowest BCUT2D eigenvalue weighted by Crippen LogP contribution is -2.15. The van der Waals surface area contributed by atoms with Crippen LogP contribution in [0, 0.1) is 18.6 Å². The molecular formula is C18H14ClF2N3O2. The van der Waals surface area contributed by atoms with Gasteiger partial charge in [0.05, 0.1) is 11.4 Å². The first kappa shape index (κ1) is 17.9. The van der Waals surface area contributed by atoms with Gasteiger partial charge in [0.1, 0.15) is 22.9 Å². The number of carbonyl (C=O) groups is 1. The molecule has 26 heavy (non-hydrogen) atoms. The Balaban J connectivity index is 1.91. The van der Waals surface area contributed by atoms with E-state index in [2.05, 4.69) is 10.4 Å². The van der Waals surface area contributed by atoms with Crippen molar-refractivity contribution in [1.29, 1.82) is 0 Å². The molecule has 1 N–H and O–H groups in total. The van der Waals surface area contributed by atoms with Gasteiger partial charge >= 0.3 is 0 Å². The Morgan fingerprint density at radius 2 is 1.88 bits per heavy atom. The number of halogens is 3. The molecule has 8 heteroatoms. The zero-order chi connectivity index (χ0) is 18.8. The molecule has 2 aromatic carbocycles. The highest BCUT2D eigenvalue weighted by Gasteiger charge is 2.23. The van der Waals surface area contributed by atoms with Gasteiger partial charge in [-0.1, -0.05) is 11.6 Å². The van der Waals surface area contributed by atoms with Crippen LogP contribution in [0.4, 0.5) is 14.5 Å². The first-order chi connectivity index (χ1) is 12.3. The highest BCUT2D eigenvalue weighted by molar-refractivity contribution is 6.30. The number of aromatic nitrogens is 2. The van der Waals surface area contributed by atoms with Gasteiger partial charge in [-0.25, -0.2) is 13.5 Å². The molecule has 0 aliphatic carbocycles. The summed E-state index contributed by atoms with van der Waals surface area (Å²) in [6, 6.07) is 9.48. The summed E-state index contributed by atoms with van der Waals surface area (Å²) < 4.78 is 34.0. The van der Waals surface area contributed by atoms with Crippen molar-refractivity contribution in [3.8, 4) is 11.6 Å². The number of ether oxygens (including phenoxy) is 1. The number of anilines is 1. The van der Waals surface area contributed by atoms with Crippen molar-refractivity contribution in [2.24, 2.45) is 7.05 Å². The maximum absolute atomic E-state index is 13.8. The average Bonchev–Trinajstić information content (AvgIpc) is 2.86. The van der Waals surface area contributed by atoms with Crippen molar-refractivity contribution < 1.29 is 18.3 Å². The molecule has 1 aromatic heterocycles. The number of nitrogens with zero attached hydrogens (tertiary/aromatic N) is 2. The third-order valence-electron chi connectivity index (χ3n) is 3.60. The van der Waals surface area contributed by atoms with Gasteiger partial charge in [-0.2, -0.15) is 5.10 Å². The molecule has 0 unspecified atom stereocenters. The fourth-order valence-corrected chi connectivity index (χ4v) is 2.53. The number of hydrogen-bond donors (Lipinski definition) is 1. The van der Waals surface area contributed by atoms with Crippen molar-refractivity contribution in [3.63, 3.8) is 0 Å². The van der Waals surface area contributed by atoms with E-state index in [0.29, 0.717) is 22.5 Å². The SMILES string of the molecule is Cc1nn(C)c(Oc2ccc(Cl)cc2)c1C(=O)Nc1ccc(F)cc1F. The van der Waals surface area contributed by atoms with Gasteiger partial charge in [-0.05, 0) is 43.3 Å². The van der Waals surface area contributed by atoms with E-state index in [1.54, 1.807) is 38.2 Å². The van der Waals surface area contributed by atoms with Gasteiger partial charge < -0.3 is 10.1 Å². The van der Waals surface area contributed by atoms with Gasteiger partial charge in [0.2, 0.25) is 5.88 Å². The average molecular weight is 378 g/mol. The van der Waals surface area contributed by atoms with E-state index in [1.165, 1.54) is 4.68 Å². The summed E-state index contributed by atoms with van der Waals surface area (Å²) in [5.41, 5.74) is 0.403. The Kier molecular flexibility index (Phi) is 4.90. The number of rotatable bonds is 4. The van der Waals surface area contributed by atoms with Crippen LogP contribution in [-0.4, -0.2) is 15.7 Å². The number of amides is 1. The number of hydrogen-bond acceptors (Lipinski definition) is 3. The molecule has 0 bridgehead atoms. The molecule has 0 radical (unpaired) electrons. The van der Waals surface area contributed by atoms with Crippen LogP contribution < -0.4 is 10.1 Å². The van der Waals surface area contributed by atoms with Gasteiger partial charge in [0.15, 0.2) is 0 Å². The van der Waals surface area contributed by atoms with Crippen LogP contribution in [0.25, 0.3) is 0 Å². The van der Waals surface area contributed by atoms with Gasteiger partial charge in [0, 0.05) is 18.1 Å². The third kappa shape index (κ3) is 3.67. The Labute approximate surface area is 153 Å². The van der Waals surface area contributed by atoms with E-state index in [4.69, 9.17) is 16.3 Å². The first-order valence-electron chi connectivity index (χ1n) is 7.58. The summed E-state index contributed by atoms with van der Waals surface area (Å²) in [6.45, 7) is 1.63. The lowest BCUT2D eigenvalue weighted by Gasteiger charge is -2.10. The van der Waals surface area contributed by atoms with Crippen LogP contribution in [0.15, 0.2) is 42.5 Å². The molecular weight excluding hydrogens is 364 g/mol. The molecule has 0 saturated carbocycles. The summed E-state index contributed by atoms with van der Waals surface area (Å²) in [6.07, 6.45) is 0. The Morgan fingerprint density at radius 1 is 1.19 bits per heavy atom. The Hall–Kier alpha value is -2.93. The molecule has 5 nitrogen and oxygen atoms in total. The van der Waals surface area contributed by atoms with Gasteiger partial charge in [-0.3, -0.25) is 4.79 Å². The molecule has 0 aliphatic rings. The first-order valence-corrected chi connectivity index (χ1v) is 7.96. The molecule has 0 saturated heterocycles. The van der Waals surface area contributed by atoms with Crippen LogP contribution in [0.2, 0.25) is 5.02 Å². The van der Waals surface area contributed by atoms with Crippen LogP contribution >= 0.6 is 11.6 Å². The van der Waals surface area contributed by atoms with Crippen molar-refractivity contribution in [2.45, 2.75) is 6.92 Å². The fourth-order valence-electron chi connectivity index (χ4n) is 2.41. The van der Waals surface area contributed by atoms with Crippen LogP contribution in [0.1, 0.15) is 16.1 Å². The molecule has 0 aliphatic heterocycles. The normalized spacial score (nSPS) is 10.7. The second-order valence-electron chi connectivity index (χ2n) is 5.52. The monoisotopic (exact) mass is 377 g/mol. The largest absolute Gasteiger partial charge is 0.438 e. The highest BCUT2D eigenvalue weighted by atomic mass is 35.5. The summed E-state index contributed by atoms with van der Waals surface area (Å²) in [5.74, 6) is -1.58. The molecule has 1 amide bonds. The molecule has 0 atom stereocenters. The standard InChI is InChI=1S/C18H14ClF2N3O2/c1-10-16(17(25)22-15-8-5-12(20)9-14(15)21)18(24(2)23-10)26-13-6-3-11(19)4-7-13/h3-9H,1-2H3,(H,22,25). The number of carbonyl (C=O) groups excluding carboxylic acids is 1. The maximum Gasteiger partial charge on any atom is 0.263 e. The van der Waals surface area contributed by atoms with Gasteiger partial charge in [-0.15, -0.1) is 0 Å². The smallest absolute Gasteiger partial charge is 0.263 e. The molecule has 0 fully saturated rings. The van der Waals surface area contributed by atoms with E-state index in [9.17, 15) is 13.6 Å². The zero-order valence-corrected chi connectivity index (χ0v) is 14.6. The summed E-state index contributed by atoms with van der Waals surface area (Å²) in [4.78, 5) is 12.6.